The van der Waals surface area contributed by atoms with E-state index in [9.17, 15) is 0 Å². The molecule has 9 heteroatoms. The maximum absolute atomic E-state index is 5.92. The Kier molecular flexibility index (Phi) is 5.67. The van der Waals surface area contributed by atoms with Crippen molar-refractivity contribution in [2.24, 2.45) is 0 Å². The van der Waals surface area contributed by atoms with Crippen LogP contribution in [0.4, 0.5) is 0 Å². The van der Waals surface area contributed by atoms with Gasteiger partial charge in [0.2, 0.25) is 11.7 Å². The summed E-state index contributed by atoms with van der Waals surface area (Å²) in [6.07, 6.45) is 0.978. The van der Waals surface area contributed by atoms with Gasteiger partial charge in [0.25, 0.3) is 5.89 Å². The lowest BCUT2D eigenvalue weighted by Gasteiger charge is -2.03. The molecule has 0 amide bonds. The van der Waals surface area contributed by atoms with Gasteiger partial charge in [-0.25, -0.2) is 9.67 Å². The molecule has 0 N–H and O–H groups in total. The van der Waals surface area contributed by atoms with Crippen LogP contribution in [0.3, 0.4) is 0 Å². The van der Waals surface area contributed by atoms with Crippen molar-refractivity contribution in [3.8, 4) is 40.2 Å². The predicted molar refractivity (Wildman–Crippen MR) is 125 cm³/mol. The van der Waals surface area contributed by atoms with Crippen molar-refractivity contribution in [1.29, 1.82) is 0 Å². The Morgan fingerprint density at radius 2 is 1.76 bits per heavy atom. The zero-order valence-corrected chi connectivity index (χ0v) is 19.4. The van der Waals surface area contributed by atoms with Crippen LogP contribution in [-0.2, 0) is 13.0 Å². The largest absolute Gasteiger partial charge is 0.496 e. The zero-order valence-electron chi connectivity index (χ0n) is 19.4. The van der Waals surface area contributed by atoms with Crippen molar-refractivity contribution >= 4 is 0 Å². The van der Waals surface area contributed by atoms with E-state index in [4.69, 9.17) is 13.7 Å². The Hall–Kier alpha value is -4.27. The minimum absolute atomic E-state index is 0.324. The van der Waals surface area contributed by atoms with E-state index in [-0.39, 0.29) is 0 Å². The number of rotatable bonds is 7. The highest BCUT2D eigenvalue weighted by molar-refractivity contribution is 5.63. The normalized spacial score (nSPS) is 11.2. The summed E-state index contributed by atoms with van der Waals surface area (Å²) < 4.78 is 18.6. The molecule has 0 unspecified atom stereocenters. The van der Waals surface area contributed by atoms with Crippen LogP contribution < -0.4 is 4.74 Å². The molecule has 0 aliphatic rings. The van der Waals surface area contributed by atoms with Crippen molar-refractivity contribution in [3.63, 3.8) is 0 Å². The molecule has 5 rings (SSSR count). The second-order valence-electron chi connectivity index (χ2n) is 7.88. The van der Waals surface area contributed by atoms with Gasteiger partial charge < -0.3 is 13.7 Å². The summed E-state index contributed by atoms with van der Waals surface area (Å²) in [5.41, 5.74) is 5.01. The molecule has 0 spiro atoms. The first-order valence-electron chi connectivity index (χ1n) is 11.0. The summed E-state index contributed by atoms with van der Waals surface area (Å²) in [4.78, 5) is 9.20. The molecule has 0 aliphatic carbocycles. The number of hydrogen-bond acceptors (Lipinski definition) is 8. The average Bonchev–Trinajstić information content (AvgIpc) is 3.59. The number of oxazole rings is 1. The lowest BCUT2D eigenvalue weighted by Crippen LogP contribution is -2.05. The van der Waals surface area contributed by atoms with Crippen LogP contribution in [0.2, 0.25) is 0 Å². The molecule has 0 radical (unpaired) electrons. The highest BCUT2D eigenvalue weighted by Crippen LogP contribution is 2.31. The molecule has 34 heavy (non-hydrogen) atoms. The molecule has 3 heterocycles. The molecule has 0 saturated heterocycles. The van der Waals surface area contributed by atoms with E-state index in [2.05, 4.69) is 44.5 Å². The van der Waals surface area contributed by atoms with Crippen LogP contribution in [0.25, 0.3) is 34.4 Å². The van der Waals surface area contributed by atoms with Crippen molar-refractivity contribution in [2.75, 3.05) is 7.11 Å². The summed E-state index contributed by atoms with van der Waals surface area (Å²) in [6, 6.07) is 15.7. The average molecular weight is 457 g/mol. The van der Waals surface area contributed by atoms with Gasteiger partial charge in [-0.2, -0.15) is 4.98 Å². The number of aromatic nitrogens is 6. The lowest BCUT2D eigenvalue weighted by atomic mass is 10.1. The maximum Gasteiger partial charge on any atom is 0.280 e. The van der Waals surface area contributed by atoms with Crippen molar-refractivity contribution < 1.29 is 13.7 Å². The fraction of sp³-hybridized carbons (Fsp3) is 0.240. The van der Waals surface area contributed by atoms with Crippen LogP contribution in [-0.4, -0.2) is 37.2 Å². The Morgan fingerprint density at radius 3 is 2.53 bits per heavy atom. The summed E-state index contributed by atoms with van der Waals surface area (Å²) >= 11 is 0. The van der Waals surface area contributed by atoms with Crippen LogP contribution >= 0.6 is 0 Å². The smallest absolute Gasteiger partial charge is 0.280 e. The van der Waals surface area contributed by atoms with E-state index in [0.717, 1.165) is 28.9 Å². The van der Waals surface area contributed by atoms with Gasteiger partial charge in [0.05, 0.1) is 24.9 Å². The van der Waals surface area contributed by atoms with Gasteiger partial charge >= 0.3 is 0 Å². The summed E-state index contributed by atoms with van der Waals surface area (Å²) in [5, 5.41) is 12.7. The van der Waals surface area contributed by atoms with E-state index in [1.807, 2.05) is 50.2 Å². The third-order valence-electron chi connectivity index (χ3n) is 5.76. The monoisotopic (exact) mass is 456 g/mol. The van der Waals surface area contributed by atoms with Gasteiger partial charge in [0.15, 0.2) is 5.69 Å². The number of para-hydroxylation sites is 1. The Bertz CT molecular complexity index is 1430. The second-order valence-corrected chi connectivity index (χ2v) is 7.88. The maximum atomic E-state index is 5.92. The lowest BCUT2D eigenvalue weighted by molar-refractivity contribution is 0.414. The highest BCUT2D eigenvalue weighted by Gasteiger charge is 2.21. The van der Waals surface area contributed by atoms with E-state index in [0.29, 0.717) is 41.4 Å². The first-order valence-corrected chi connectivity index (χ1v) is 11.0. The standard InChI is InChI=1S/C25H24N6O3/c1-5-17-10-12-18(13-11-17)23-27-25(34-29-23)22-15(2)31(30-28-22)14-20-16(3)33-24(26-20)19-8-6-7-9-21(19)32-4/h6-13H,5,14H2,1-4H3. The summed E-state index contributed by atoms with van der Waals surface area (Å²) in [6.45, 7) is 6.30. The third-order valence-corrected chi connectivity index (χ3v) is 5.76. The van der Waals surface area contributed by atoms with Gasteiger partial charge in [-0.15, -0.1) is 5.10 Å². The van der Waals surface area contributed by atoms with Crippen LogP contribution in [0.15, 0.2) is 57.5 Å². The Labute approximate surface area is 196 Å². The Balaban J connectivity index is 1.39. The number of nitrogens with zero attached hydrogens (tertiary/aromatic N) is 6. The second kappa shape index (κ2) is 8.93. The van der Waals surface area contributed by atoms with E-state index in [1.54, 1.807) is 11.8 Å². The van der Waals surface area contributed by atoms with Gasteiger partial charge in [-0.1, -0.05) is 53.7 Å². The number of ether oxygens (including phenoxy) is 1. The molecule has 0 aliphatic heterocycles. The fourth-order valence-electron chi connectivity index (χ4n) is 3.69. The number of aryl methyl sites for hydroxylation is 2. The van der Waals surface area contributed by atoms with Crippen molar-refractivity contribution in [1.82, 2.24) is 30.1 Å². The predicted octanol–water partition coefficient (Wildman–Crippen LogP) is 4.89. The molecule has 0 bridgehead atoms. The number of hydrogen-bond donors (Lipinski definition) is 0. The van der Waals surface area contributed by atoms with E-state index < -0.39 is 0 Å². The fourth-order valence-corrected chi connectivity index (χ4v) is 3.69. The van der Waals surface area contributed by atoms with Gasteiger partial charge in [0.1, 0.15) is 17.2 Å². The molecule has 2 aromatic carbocycles. The minimum atomic E-state index is 0.324. The van der Waals surface area contributed by atoms with Crippen molar-refractivity contribution in [3.05, 3.63) is 71.2 Å². The third kappa shape index (κ3) is 3.96. The van der Waals surface area contributed by atoms with Crippen LogP contribution in [0.1, 0.15) is 29.6 Å². The molecule has 3 aromatic heterocycles. The summed E-state index contributed by atoms with van der Waals surface area (Å²) in [5.74, 6) is 2.74. The molecule has 5 aromatic rings. The van der Waals surface area contributed by atoms with Gasteiger partial charge in [-0.05, 0) is 38.0 Å². The molecular weight excluding hydrogens is 432 g/mol. The number of benzene rings is 2. The molecule has 172 valence electrons. The molecule has 9 nitrogen and oxygen atoms in total. The van der Waals surface area contributed by atoms with Gasteiger partial charge in [0, 0.05) is 5.56 Å². The molecule has 0 saturated carbocycles. The molecular formula is C25H24N6O3. The quantitative estimate of drug-likeness (QED) is 0.341. The van der Waals surface area contributed by atoms with Crippen LogP contribution in [0.5, 0.6) is 5.75 Å². The zero-order chi connectivity index (χ0) is 23.7. The van der Waals surface area contributed by atoms with E-state index >= 15 is 0 Å². The van der Waals surface area contributed by atoms with Crippen molar-refractivity contribution in [2.45, 2.75) is 33.7 Å². The SMILES string of the molecule is CCc1ccc(-c2noc(-c3nnn(Cc4nc(-c5ccccc5OC)oc4C)c3C)n2)cc1. The van der Waals surface area contributed by atoms with Crippen LogP contribution in [0, 0.1) is 13.8 Å². The highest BCUT2D eigenvalue weighted by atomic mass is 16.5. The first-order chi connectivity index (χ1) is 16.6. The van der Waals surface area contributed by atoms with E-state index in [1.165, 1.54) is 5.56 Å². The van der Waals surface area contributed by atoms with Gasteiger partial charge in [-0.3, -0.25) is 0 Å². The first kappa shape index (κ1) is 21.6. The molecule has 0 atom stereocenters. The minimum Gasteiger partial charge on any atom is -0.496 e. The Morgan fingerprint density at radius 1 is 0.971 bits per heavy atom. The molecule has 0 fully saturated rings. The number of methoxy groups -OCH3 is 1. The topological polar surface area (TPSA) is 105 Å². The summed E-state index contributed by atoms with van der Waals surface area (Å²) in [7, 11) is 1.62.